The molecule has 28 heavy (non-hydrogen) atoms. The smallest absolute Gasteiger partial charge is 0.247 e. The molecule has 3 aromatic rings. The lowest BCUT2D eigenvalue weighted by Gasteiger charge is -2.35. The topological polar surface area (TPSA) is 61.3 Å². The van der Waals surface area contributed by atoms with E-state index in [2.05, 4.69) is 60.2 Å². The Labute approximate surface area is 164 Å². The van der Waals surface area contributed by atoms with E-state index in [4.69, 9.17) is 4.98 Å². The van der Waals surface area contributed by atoms with Crippen LogP contribution in [-0.4, -0.2) is 52.9 Å². The first kappa shape index (κ1) is 16.9. The van der Waals surface area contributed by atoms with Crippen LogP contribution in [-0.2, 0) is 6.42 Å². The molecule has 7 heteroatoms. The van der Waals surface area contributed by atoms with Gasteiger partial charge in [-0.2, -0.15) is 10.1 Å². The number of anilines is 4. The van der Waals surface area contributed by atoms with Gasteiger partial charge in [0.25, 0.3) is 0 Å². The third-order valence-corrected chi connectivity index (χ3v) is 5.46. The van der Waals surface area contributed by atoms with Gasteiger partial charge in [0.05, 0.1) is 6.20 Å². The Morgan fingerprint density at radius 2 is 1.61 bits per heavy atom. The molecule has 2 aromatic heterocycles. The molecular formula is C21H23N7. The van der Waals surface area contributed by atoms with E-state index in [1.807, 2.05) is 18.3 Å². The van der Waals surface area contributed by atoms with Gasteiger partial charge >= 0.3 is 0 Å². The second-order valence-corrected chi connectivity index (χ2v) is 7.16. The van der Waals surface area contributed by atoms with Gasteiger partial charge < -0.3 is 14.7 Å². The molecule has 0 bridgehead atoms. The van der Waals surface area contributed by atoms with Crippen LogP contribution in [0.15, 0.2) is 54.9 Å². The maximum Gasteiger partial charge on any atom is 0.247 e. The minimum absolute atomic E-state index is 0.709. The Kier molecular flexibility index (Phi) is 4.48. The minimum atomic E-state index is 0.709. The number of aromatic nitrogens is 4. The summed E-state index contributed by atoms with van der Waals surface area (Å²) >= 11 is 0. The molecule has 0 spiro atoms. The molecule has 0 atom stereocenters. The van der Waals surface area contributed by atoms with Gasteiger partial charge in [0.2, 0.25) is 5.95 Å². The maximum atomic E-state index is 4.86. The standard InChI is InChI=1S/C21H23N7/c1-2-8-18-17(6-1)7-5-11-28(18)20-16-23-25-21(24-20)27-14-12-26(13-15-27)19-9-3-4-10-22-19/h1-4,6,8-10,16H,5,7,11-15H2. The van der Waals surface area contributed by atoms with Crippen LogP contribution < -0.4 is 14.7 Å². The third-order valence-electron chi connectivity index (χ3n) is 5.46. The van der Waals surface area contributed by atoms with Crippen LogP contribution in [0.2, 0.25) is 0 Å². The van der Waals surface area contributed by atoms with Crippen molar-refractivity contribution < 1.29 is 0 Å². The molecule has 0 amide bonds. The summed E-state index contributed by atoms with van der Waals surface area (Å²) in [5, 5.41) is 8.58. The summed E-state index contributed by atoms with van der Waals surface area (Å²) < 4.78 is 0. The van der Waals surface area contributed by atoms with Crippen molar-refractivity contribution in [3.05, 3.63) is 60.4 Å². The van der Waals surface area contributed by atoms with Gasteiger partial charge in [-0.15, -0.1) is 5.10 Å². The minimum Gasteiger partial charge on any atom is -0.353 e. The van der Waals surface area contributed by atoms with Crippen molar-refractivity contribution in [2.45, 2.75) is 12.8 Å². The fraction of sp³-hybridized carbons (Fsp3) is 0.333. The molecule has 7 nitrogen and oxygen atoms in total. The summed E-state index contributed by atoms with van der Waals surface area (Å²) in [7, 11) is 0. The number of piperazine rings is 1. The van der Waals surface area contributed by atoms with E-state index in [0.717, 1.165) is 57.2 Å². The van der Waals surface area contributed by atoms with Crippen LogP contribution in [0, 0.1) is 0 Å². The van der Waals surface area contributed by atoms with E-state index in [1.54, 1.807) is 6.20 Å². The second-order valence-electron chi connectivity index (χ2n) is 7.16. The number of fused-ring (bicyclic) bond motifs is 1. The number of para-hydroxylation sites is 1. The van der Waals surface area contributed by atoms with E-state index in [-0.39, 0.29) is 0 Å². The first-order chi connectivity index (χ1) is 13.9. The molecule has 142 valence electrons. The molecule has 4 heterocycles. The predicted molar refractivity (Wildman–Crippen MR) is 110 cm³/mol. The van der Waals surface area contributed by atoms with Crippen molar-refractivity contribution in [2.24, 2.45) is 0 Å². The van der Waals surface area contributed by atoms with E-state index >= 15 is 0 Å². The van der Waals surface area contributed by atoms with Crippen LogP contribution in [0.4, 0.5) is 23.3 Å². The third kappa shape index (κ3) is 3.24. The van der Waals surface area contributed by atoms with Crippen LogP contribution in [0.25, 0.3) is 0 Å². The van der Waals surface area contributed by atoms with Gasteiger partial charge in [0, 0.05) is 44.6 Å². The van der Waals surface area contributed by atoms with Crippen molar-refractivity contribution in [2.75, 3.05) is 47.4 Å². The zero-order valence-electron chi connectivity index (χ0n) is 15.8. The molecular weight excluding hydrogens is 350 g/mol. The Hall–Kier alpha value is -3.22. The molecule has 1 aromatic carbocycles. The summed E-state index contributed by atoms with van der Waals surface area (Å²) in [5.41, 5.74) is 2.61. The highest BCUT2D eigenvalue weighted by atomic mass is 15.4. The molecule has 0 unspecified atom stereocenters. The normalized spacial score (nSPS) is 16.8. The fourth-order valence-corrected chi connectivity index (χ4v) is 4.00. The summed E-state index contributed by atoms with van der Waals surface area (Å²) in [5.74, 6) is 2.62. The number of aryl methyl sites for hydroxylation is 1. The molecule has 1 saturated heterocycles. The lowest BCUT2D eigenvalue weighted by atomic mass is 10.0. The highest BCUT2D eigenvalue weighted by Gasteiger charge is 2.23. The maximum absolute atomic E-state index is 4.86. The molecule has 0 saturated carbocycles. The van der Waals surface area contributed by atoms with Crippen LogP contribution in [0.5, 0.6) is 0 Å². The molecule has 0 N–H and O–H groups in total. The van der Waals surface area contributed by atoms with Gasteiger partial charge in [-0.25, -0.2) is 4.98 Å². The largest absolute Gasteiger partial charge is 0.353 e. The quantitative estimate of drug-likeness (QED) is 0.699. The first-order valence-electron chi connectivity index (χ1n) is 9.84. The van der Waals surface area contributed by atoms with E-state index in [1.165, 1.54) is 11.3 Å². The average molecular weight is 373 g/mol. The van der Waals surface area contributed by atoms with E-state index < -0.39 is 0 Å². The van der Waals surface area contributed by atoms with Gasteiger partial charge in [-0.1, -0.05) is 24.3 Å². The highest BCUT2D eigenvalue weighted by molar-refractivity contribution is 5.65. The number of hydrogen-bond acceptors (Lipinski definition) is 7. The Morgan fingerprint density at radius 1 is 0.786 bits per heavy atom. The SMILES string of the molecule is c1ccc(N2CCN(c3nncc(N4CCCc5ccccc54)n3)CC2)nc1. The van der Waals surface area contributed by atoms with Crippen molar-refractivity contribution in [1.82, 2.24) is 20.2 Å². The van der Waals surface area contributed by atoms with Gasteiger partial charge in [0.1, 0.15) is 5.82 Å². The van der Waals surface area contributed by atoms with Crippen molar-refractivity contribution in [1.29, 1.82) is 0 Å². The van der Waals surface area contributed by atoms with E-state index in [9.17, 15) is 0 Å². The Balaban J connectivity index is 1.33. The molecule has 2 aliphatic rings. The summed E-state index contributed by atoms with van der Waals surface area (Å²) in [4.78, 5) is 16.1. The lowest BCUT2D eigenvalue weighted by molar-refractivity contribution is 0.628. The van der Waals surface area contributed by atoms with Crippen LogP contribution in [0.3, 0.4) is 0 Å². The zero-order valence-corrected chi connectivity index (χ0v) is 15.8. The predicted octanol–water partition coefficient (Wildman–Crippen LogP) is 2.68. The number of rotatable bonds is 3. The Morgan fingerprint density at radius 3 is 2.46 bits per heavy atom. The summed E-state index contributed by atoms with van der Waals surface area (Å²) in [6, 6.07) is 14.6. The fourth-order valence-electron chi connectivity index (χ4n) is 4.00. The van der Waals surface area contributed by atoms with Gasteiger partial charge in [0.15, 0.2) is 5.82 Å². The van der Waals surface area contributed by atoms with Crippen LogP contribution in [0.1, 0.15) is 12.0 Å². The number of benzene rings is 1. The van der Waals surface area contributed by atoms with Crippen molar-refractivity contribution in [3.8, 4) is 0 Å². The first-order valence-corrected chi connectivity index (χ1v) is 9.84. The molecule has 2 aliphatic heterocycles. The zero-order chi connectivity index (χ0) is 18.8. The molecule has 0 aliphatic carbocycles. The summed E-state index contributed by atoms with van der Waals surface area (Å²) in [6.07, 6.45) is 5.86. The molecule has 1 fully saturated rings. The molecule has 5 rings (SSSR count). The highest BCUT2D eigenvalue weighted by Crippen LogP contribution is 2.32. The lowest BCUT2D eigenvalue weighted by Crippen LogP contribution is -2.47. The number of pyridine rings is 1. The second kappa shape index (κ2) is 7.42. The average Bonchev–Trinajstić information content (AvgIpc) is 2.79. The number of hydrogen-bond donors (Lipinski definition) is 0. The van der Waals surface area contributed by atoms with Crippen molar-refractivity contribution in [3.63, 3.8) is 0 Å². The van der Waals surface area contributed by atoms with Crippen LogP contribution >= 0.6 is 0 Å². The summed E-state index contributed by atoms with van der Waals surface area (Å²) in [6.45, 7) is 4.48. The Bertz CT molecular complexity index is 938. The monoisotopic (exact) mass is 373 g/mol. The molecule has 0 radical (unpaired) electrons. The number of nitrogens with zero attached hydrogens (tertiary/aromatic N) is 7. The van der Waals surface area contributed by atoms with Gasteiger partial charge in [-0.3, -0.25) is 0 Å². The van der Waals surface area contributed by atoms with Gasteiger partial charge in [-0.05, 0) is 36.6 Å². The van der Waals surface area contributed by atoms with Crippen molar-refractivity contribution >= 4 is 23.3 Å². The van der Waals surface area contributed by atoms with E-state index in [0.29, 0.717) is 5.95 Å².